The second kappa shape index (κ2) is 15.2. The number of aromatic amines is 1. The predicted octanol–water partition coefficient (Wildman–Crippen LogP) is 7.97. The Bertz CT molecular complexity index is 1350. The number of halogens is 7. The van der Waals surface area contributed by atoms with E-state index in [0.29, 0.717) is 55.9 Å². The van der Waals surface area contributed by atoms with Crippen LogP contribution in [-0.2, 0) is 12.6 Å². The molecule has 1 unspecified atom stereocenters. The lowest BCUT2D eigenvalue weighted by Gasteiger charge is -2.36. The molecule has 2 aliphatic rings. The lowest BCUT2D eigenvalue weighted by Crippen LogP contribution is -2.37. The molecule has 0 amide bonds. The molecule has 2 heterocycles. The van der Waals surface area contributed by atoms with Crippen molar-refractivity contribution in [2.24, 2.45) is 4.99 Å². The molecule has 1 aliphatic carbocycles. The Kier molecular flexibility index (Phi) is 12.2. The molecule has 0 bridgehead atoms. The van der Waals surface area contributed by atoms with Gasteiger partial charge in [-0.2, -0.15) is 31.4 Å². The molecule has 3 rings (SSSR count). The zero-order valence-corrected chi connectivity index (χ0v) is 25.3. The molecule has 0 fully saturated rings. The van der Waals surface area contributed by atoms with Gasteiger partial charge in [0.05, 0.1) is 17.3 Å². The molecule has 0 saturated carbocycles. The van der Waals surface area contributed by atoms with E-state index in [1.807, 2.05) is 21.8 Å². The highest BCUT2D eigenvalue weighted by Crippen LogP contribution is 2.41. The van der Waals surface area contributed by atoms with Crippen LogP contribution in [0.5, 0.6) is 0 Å². The van der Waals surface area contributed by atoms with E-state index in [2.05, 4.69) is 16.7 Å². The summed E-state index contributed by atoms with van der Waals surface area (Å²) < 4.78 is 94.8. The van der Waals surface area contributed by atoms with Gasteiger partial charge >= 0.3 is 12.4 Å². The molecule has 0 radical (unpaired) electrons. The van der Waals surface area contributed by atoms with E-state index < -0.39 is 35.1 Å². The van der Waals surface area contributed by atoms with Crippen molar-refractivity contribution in [3.05, 3.63) is 74.3 Å². The molecule has 1 atom stereocenters. The average molecular weight is 632 g/mol. The molecule has 244 valence electrons. The largest absolute Gasteiger partial charge is 0.422 e. The monoisotopic (exact) mass is 631 g/mol. The van der Waals surface area contributed by atoms with Crippen LogP contribution in [0.1, 0.15) is 88.6 Å². The van der Waals surface area contributed by atoms with Crippen molar-refractivity contribution in [3.63, 3.8) is 0 Å². The topological polar surface area (TPSA) is 64.6 Å². The normalized spacial score (nSPS) is 18.8. The van der Waals surface area contributed by atoms with Crippen molar-refractivity contribution in [2.75, 3.05) is 26.2 Å². The van der Waals surface area contributed by atoms with Gasteiger partial charge in [0.25, 0.3) is 5.56 Å². The molecular formula is C31H40F7N5O. The number of H-pyrrole nitrogens is 1. The van der Waals surface area contributed by atoms with Crippen LogP contribution in [0.25, 0.3) is 0 Å². The van der Waals surface area contributed by atoms with Crippen LogP contribution in [-0.4, -0.2) is 58.6 Å². The van der Waals surface area contributed by atoms with E-state index in [9.17, 15) is 31.1 Å². The lowest BCUT2D eigenvalue weighted by molar-refractivity contribution is -0.139. The summed E-state index contributed by atoms with van der Waals surface area (Å²) in [5.74, 6) is -0.300. The summed E-state index contributed by atoms with van der Waals surface area (Å²) in [4.78, 5) is 19.9. The zero-order chi connectivity index (χ0) is 32.7. The third kappa shape index (κ3) is 8.70. The SMILES string of the molecule is C=C(C1=C(F)CCN(C2CCc3c2n[nH]c(=O)c3C(F)(F)F)C1)N(CCC)CCCCCC(=C/C)/N=C/C(=C\C)C(F)(F)F. The highest BCUT2D eigenvalue weighted by Gasteiger charge is 2.43. The van der Waals surface area contributed by atoms with Crippen molar-refractivity contribution >= 4 is 6.21 Å². The summed E-state index contributed by atoms with van der Waals surface area (Å²) >= 11 is 0. The van der Waals surface area contributed by atoms with Gasteiger partial charge in [0, 0.05) is 55.8 Å². The summed E-state index contributed by atoms with van der Waals surface area (Å²) in [6.45, 7) is 10.9. The highest BCUT2D eigenvalue weighted by molar-refractivity contribution is 5.80. The average Bonchev–Trinajstić information content (AvgIpc) is 3.37. The van der Waals surface area contributed by atoms with Crippen molar-refractivity contribution in [1.82, 2.24) is 20.0 Å². The Morgan fingerprint density at radius 1 is 1.11 bits per heavy atom. The molecule has 44 heavy (non-hydrogen) atoms. The fourth-order valence-electron chi connectivity index (χ4n) is 5.75. The van der Waals surface area contributed by atoms with Crippen LogP contribution in [0.4, 0.5) is 30.7 Å². The van der Waals surface area contributed by atoms with Gasteiger partial charge in [-0.05, 0) is 57.9 Å². The lowest BCUT2D eigenvalue weighted by atomic mass is 10.0. The predicted molar refractivity (Wildman–Crippen MR) is 157 cm³/mol. The van der Waals surface area contributed by atoms with E-state index in [1.165, 1.54) is 6.92 Å². The fraction of sp³-hybridized carbons (Fsp3) is 0.581. The van der Waals surface area contributed by atoms with Crippen molar-refractivity contribution < 1.29 is 30.7 Å². The molecule has 0 spiro atoms. The number of aromatic nitrogens is 2. The van der Waals surface area contributed by atoms with Gasteiger partial charge in [-0.25, -0.2) is 9.49 Å². The van der Waals surface area contributed by atoms with Gasteiger partial charge in [0.2, 0.25) is 0 Å². The third-order valence-electron chi connectivity index (χ3n) is 8.06. The Balaban J connectivity index is 1.61. The Hall–Kier alpha value is -3.22. The van der Waals surface area contributed by atoms with Crippen molar-refractivity contribution in [1.29, 1.82) is 0 Å². The first kappa shape index (κ1) is 35.3. The smallest absolute Gasteiger partial charge is 0.372 e. The molecule has 6 nitrogen and oxygen atoms in total. The molecule has 0 aromatic carbocycles. The van der Waals surface area contributed by atoms with Gasteiger partial charge in [0.15, 0.2) is 0 Å². The van der Waals surface area contributed by atoms with Gasteiger partial charge < -0.3 is 4.90 Å². The maximum absolute atomic E-state index is 15.2. The van der Waals surface area contributed by atoms with E-state index in [0.717, 1.165) is 31.6 Å². The van der Waals surface area contributed by atoms with Crippen molar-refractivity contribution in [3.8, 4) is 0 Å². The van der Waals surface area contributed by atoms with Crippen LogP contribution in [0.3, 0.4) is 0 Å². The van der Waals surface area contributed by atoms with Crippen LogP contribution in [0, 0.1) is 0 Å². The first-order valence-corrected chi connectivity index (χ1v) is 14.9. The number of nitrogens with one attached hydrogen (secondary N) is 1. The second-order valence-electron chi connectivity index (χ2n) is 11.0. The van der Waals surface area contributed by atoms with Crippen LogP contribution in [0.2, 0.25) is 0 Å². The summed E-state index contributed by atoms with van der Waals surface area (Å²) in [7, 11) is 0. The molecule has 1 N–H and O–H groups in total. The van der Waals surface area contributed by atoms with Gasteiger partial charge in [0.1, 0.15) is 11.4 Å². The Labute approximate surface area is 253 Å². The maximum Gasteiger partial charge on any atom is 0.422 e. The zero-order valence-electron chi connectivity index (χ0n) is 25.3. The minimum atomic E-state index is -4.80. The van der Waals surface area contributed by atoms with Crippen LogP contribution >= 0.6 is 0 Å². The standard InChI is InChI=1S/C31H40F7N5O/c1-5-15-42(16-10-8-9-11-22(7-3)39-18-21(6-2)30(33,34)35)20(4)24-19-43(17-14-25(24)32)26-13-12-23-27(31(36,37)38)29(44)41-40-28(23)26/h6-7,18,26H,4-5,8-17,19H2,1-3H3,(H,41,44)/b21-6+,22-7-,39-18+. The quantitative estimate of drug-likeness (QED) is 0.136. The second-order valence-corrected chi connectivity index (χ2v) is 11.0. The first-order chi connectivity index (χ1) is 20.7. The number of unbranched alkanes of at least 4 members (excludes halogenated alkanes) is 2. The van der Waals surface area contributed by atoms with E-state index >= 15 is 4.39 Å². The summed E-state index contributed by atoms with van der Waals surface area (Å²) in [5, 5.41) is 5.96. The maximum atomic E-state index is 15.2. The number of aliphatic imine (C=N–C) groups is 1. The van der Waals surface area contributed by atoms with Gasteiger partial charge in [-0.3, -0.25) is 14.7 Å². The summed E-state index contributed by atoms with van der Waals surface area (Å²) in [6, 6.07) is -0.484. The molecule has 13 heteroatoms. The van der Waals surface area contributed by atoms with E-state index in [4.69, 9.17) is 0 Å². The highest BCUT2D eigenvalue weighted by atomic mass is 19.4. The van der Waals surface area contributed by atoms with E-state index in [1.54, 1.807) is 13.0 Å². The van der Waals surface area contributed by atoms with E-state index in [-0.39, 0.29) is 36.5 Å². The number of hydrogen-bond donors (Lipinski definition) is 1. The molecule has 1 aromatic rings. The minimum absolute atomic E-state index is 0.0613. The Morgan fingerprint density at radius 2 is 1.84 bits per heavy atom. The summed E-state index contributed by atoms with van der Waals surface area (Å²) in [5.41, 5.74) is -1.68. The molecule has 1 aliphatic heterocycles. The number of rotatable bonds is 13. The number of nitrogens with zero attached hydrogens (tertiary/aromatic N) is 4. The number of hydrogen-bond acceptors (Lipinski definition) is 5. The molecule has 1 aromatic heterocycles. The first-order valence-electron chi connectivity index (χ1n) is 14.9. The Morgan fingerprint density at radius 3 is 2.45 bits per heavy atom. The van der Waals surface area contributed by atoms with Crippen LogP contribution in [0.15, 0.2) is 56.9 Å². The van der Waals surface area contributed by atoms with Crippen LogP contribution < -0.4 is 5.56 Å². The van der Waals surface area contributed by atoms with Gasteiger partial charge in [-0.15, -0.1) is 0 Å². The molecule has 0 saturated heterocycles. The number of allylic oxidation sites excluding steroid dienone is 4. The summed E-state index contributed by atoms with van der Waals surface area (Å²) in [6.07, 6.45) is -1.73. The number of fused-ring (bicyclic) bond motifs is 1. The number of alkyl halides is 6. The van der Waals surface area contributed by atoms with Crippen molar-refractivity contribution in [2.45, 2.75) is 90.5 Å². The minimum Gasteiger partial charge on any atom is -0.372 e. The molecular weight excluding hydrogens is 591 g/mol. The third-order valence-corrected chi connectivity index (χ3v) is 8.06. The fourth-order valence-corrected chi connectivity index (χ4v) is 5.75. The van der Waals surface area contributed by atoms with Gasteiger partial charge in [-0.1, -0.05) is 32.1 Å².